The van der Waals surface area contributed by atoms with Gasteiger partial charge in [-0.3, -0.25) is 4.79 Å². The van der Waals surface area contributed by atoms with Crippen LogP contribution >= 0.6 is 0 Å². The Kier molecular flexibility index (Phi) is 3.62. The molecule has 0 unspecified atom stereocenters. The summed E-state index contributed by atoms with van der Waals surface area (Å²) in [5.41, 5.74) is 5.43. The van der Waals surface area contributed by atoms with Crippen LogP contribution in [0.2, 0.25) is 0 Å². The maximum absolute atomic E-state index is 11.7. The minimum absolute atomic E-state index is 0.0438. The third-order valence-electron chi connectivity index (χ3n) is 3.01. The first-order valence-electron chi connectivity index (χ1n) is 5.86. The molecule has 1 saturated heterocycles. The lowest BCUT2D eigenvalue weighted by Crippen LogP contribution is -2.31. The summed E-state index contributed by atoms with van der Waals surface area (Å²) in [4.78, 5) is 14.1. The quantitative estimate of drug-likeness (QED) is 0.791. The third kappa shape index (κ3) is 2.85. The summed E-state index contributed by atoms with van der Waals surface area (Å²) in [6.07, 6.45) is 4.34. The molecule has 0 atom stereocenters. The molecule has 0 saturated carbocycles. The Labute approximate surface area is 95.4 Å². The van der Waals surface area contributed by atoms with Gasteiger partial charge in [0.05, 0.1) is 0 Å². The van der Waals surface area contributed by atoms with Gasteiger partial charge in [-0.15, -0.1) is 0 Å². The number of Topliss-reactive ketones (excluding diaryl/α,β-unsaturated/α-hetero) is 1. The predicted octanol–water partition coefficient (Wildman–Crippen LogP) is 1.92. The van der Waals surface area contributed by atoms with Crippen molar-refractivity contribution in [3.8, 4) is 0 Å². The number of anilines is 1. The van der Waals surface area contributed by atoms with Crippen molar-refractivity contribution in [2.24, 2.45) is 0 Å². The molecule has 2 rings (SSSR count). The zero-order valence-corrected chi connectivity index (χ0v) is 9.45. The molecule has 1 aromatic heterocycles. The second kappa shape index (κ2) is 5.16. The van der Waals surface area contributed by atoms with Gasteiger partial charge in [0.25, 0.3) is 0 Å². The highest BCUT2D eigenvalue weighted by Gasteiger charge is 2.14. The lowest BCUT2D eigenvalue weighted by atomic mass is 10.1. The SMILES string of the molecule is Nc1ccc(C(=O)CCN2CCCCC2)o1. The number of nitrogens with zero attached hydrogens (tertiary/aromatic N) is 1. The van der Waals surface area contributed by atoms with Gasteiger partial charge in [-0.2, -0.15) is 0 Å². The minimum atomic E-state index is 0.0438. The summed E-state index contributed by atoms with van der Waals surface area (Å²) < 4.78 is 5.09. The Bertz CT molecular complexity index is 354. The van der Waals surface area contributed by atoms with Crippen LogP contribution in [0.4, 0.5) is 5.88 Å². The molecule has 0 aliphatic carbocycles. The number of nitrogens with two attached hydrogens (primary N) is 1. The fourth-order valence-electron chi connectivity index (χ4n) is 2.07. The number of piperidine rings is 1. The van der Waals surface area contributed by atoms with Gasteiger partial charge in [0.2, 0.25) is 0 Å². The van der Waals surface area contributed by atoms with Crippen molar-refractivity contribution in [2.45, 2.75) is 25.7 Å². The maximum atomic E-state index is 11.7. The fraction of sp³-hybridized carbons (Fsp3) is 0.583. The molecule has 4 heteroatoms. The molecule has 16 heavy (non-hydrogen) atoms. The molecule has 0 aromatic carbocycles. The smallest absolute Gasteiger partial charge is 0.199 e. The molecule has 0 spiro atoms. The number of likely N-dealkylation sites (tertiary alicyclic amines) is 1. The van der Waals surface area contributed by atoms with Crippen LogP contribution in [0.15, 0.2) is 16.5 Å². The molecule has 1 fully saturated rings. The zero-order chi connectivity index (χ0) is 11.4. The third-order valence-corrected chi connectivity index (χ3v) is 3.01. The molecule has 4 nitrogen and oxygen atoms in total. The van der Waals surface area contributed by atoms with E-state index in [1.54, 1.807) is 12.1 Å². The molecular formula is C12H18N2O2. The summed E-state index contributed by atoms with van der Waals surface area (Å²) in [5.74, 6) is 0.734. The Morgan fingerprint density at radius 1 is 1.31 bits per heavy atom. The van der Waals surface area contributed by atoms with Crippen LogP contribution < -0.4 is 5.73 Å². The van der Waals surface area contributed by atoms with Crippen LogP contribution in [0.3, 0.4) is 0 Å². The summed E-state index contributed by atoms with van der Waals surface area (Å²) in [5, 5.41) is 0. The van der Waals surface area contributed by atoms with Crippen molar-refractivity contribution in [3.05, 3.63) is 17.9 Å². The number of rotatable bonds is 4. The highest BCUT2D eigenvalue weighted by molar-refractivity contribution is 5.93. The van der Waals surface area contributed by atoms with Crippen molar-refractivity contribution in [1.29, 1.82) is 0 Å². The lowest BCUT2D eigenvalue weighted by molar-refractivity contribution is 0.0933. The van der Waals surface area contributed by atoms with Crippen molar-refractivity contribution >= 4 is 11.7 Å². The lowest BCUT2D eigenvalue weighted by Gasteiger charge is -2.25. The van der Waals surface area contributed by atoms with E-state index in [0.29, 0.717) is 18.1 Å². The number of nitrogen functional groups attached to an aromatic ring is 1. The van der Waals surface area contributed by atoms with Gasteiger partial charge in [-0.05, 0) is 32.0 Å². The standard InChI is InChI=1S/C12H18N2O2/c13-12-5-4-11(16-12)10(15)6-9-14-7-2-1-3-8-14/h4-5H,1-3,6-9,13H2. The molecular weight excluding hydrogens is 204 g/mol. The topological polar surface area (TPSA) is 59.5 Å². The zero-order valence-electron chi connectivity index (χ0n) is 9.45. The van der Waals surface area contributed by atoms with Crippen molar-refractivity contribution in [3.63, 3.8) is 0 Å². The van der Waals surface area contributed by atoms with Crippen LogP contribution in [0.25, 0.3) is 0 Å². The number of hydrogen-bond donors (Lipinski definition) is 1. The molecule has 1 aliphatic rings. The normalized spacial score (nSPS) is 17.5. The first kappa shape index (κ1) is 11.2. The van der Waals surface area contributed by atoms with Crippen LogP contribution in [-0.4, -0.2) is 30.3 Å². The van der Waals surface area contributed by atoms with E-state index >= 15 is 0 Å². The number of carbonyl (C=O) groups is 1. The van der Waals surface area contributed by atoms with E-state index in [0.717, 1.165) is 19.6 Å². The van der Waals surface area contributed by atoms with Gasteiger partial charge >= 0.3 is 0 Å². The van der Waals surface area contributed by atoms with Gasteiger partial charge in [0, 0.05) is 19.0 Å². The van der Waals surface area contributed by atoms with E-state index < -0.39 is 0 Å². The Morgan fingerprint density at radius 2 is 2.06 bits per heavy atom. The minimum Gasteiger partial charge on any atom is -0.438 e. The van der Waals surface area contributed by atoms with Crippen molar-refractivity contribution < 1.29 is 9.21 Å². The second-order valence-corrected chi connectivity index (χ2v) is 4.28. The second-order valence-electron chi connectivity index (χ2n) is 4.28. The fourth-order valence-corrected chi connectivity index (χ4v) is 2.07. The van der Waals surface area contributed by atoms with E-state index in [9.17, 15) is 4.79 Å². The molecule has 1 aliphatic heterocycles. The predicted molar refractivity (Wildman–Crippen MR) is 62.4 cm³/mol. The van der Waals surface area contributed by atoms with E-state index in [1.165, 1.54) is 19.3 Å². The van der Waals surface area contributed by atoms with Crippen LogP contribution in [0, 0.1) is 0 Å². The molecule has 0 amide bonds. The average molecular weight is 222 g/mol. The van der Waals surface area contributed by atoms with Crippen LogP contribution in [0.1, 0.15) is 36.2 Å². The molecule has 88 valence electrons. The van der Waals surface area contributed by atoms with Gasteiger partial charge in [-0.25, -0.2) is 0 Å². The molecule has 2 N–H and O–H groups in total. The Morgan fingerprint density at radius 3 is 2.69 bits per heavy atom. The average Bonchev–Trinajstić information content (AvgIpc) is 2.74. The number of carbonyl (C=O) groups excluding carboxylic acids is 1. The van der Waals surface area contributed by atoms with E-state index in [-0.39, 0.29) is 5.78 Å². The van der Waals surface area contributed by atoms with Gasteiger partial charge < -0.3 is 15.1 Å². The molecule has 0 radical (unpaired) electrons. The van der Waals surface area contributed by atoms with E-state index in [2.05, 4.69) is 4.90 Å². The van der Waals surface area contributed by atoms with Gasteiger partial charge in [-0.1, -0.05) is 6.42 Å². The first-order valence-corrected chi connectivity index (χ1v) is 5.86. The Balaban J connectivity index is 1.79. The largest absolute Gasteiger partial charge is 0.438 e. The van der Waals surface area contributed by atoms with E-state index in [4.69, 9.17) is 10.2 Å². The molecule has 1 aromatic rings. The number of furan rings is 1. The summed E-state index contributed by atoms with van der Waals surface area (Å²) in [7, 11) is 0. The number of hydrogen-bond acceptors (Lipinski definition) is 4. The number of ketones is 1. The van der Waals surface area contributed by atoms with Crippen LogP contribution in [-0.2, 0) is 0 Å². The van der Waals surface area contributed by atoms with Gasteiger partial charge in [0.1, 0.15) is 0 Å². The highest BCUT2D eigenvalue weighted by atomic mass is 16.4. The van der Waals surface area contributed by atoms with Crippen LogP contribution in [0.5, 0.6) is 0 Å². The van der Waals surface area contributed by atoms with Gasteiger partial charge in [0.15, 0.2) is 17.4 Å². The maximum Gasteiger partial charge on any atom is 0.199 e. The van der Waals surface area contributed by atoms with Crippen molar-refractivity contribution in [2.75, 3.05) is 25.4 Å². The van der Waals surface area contributed by atoms with E-state index in [1.807, 2.05) is 0 Å². The van der Waals surface area contributed by atoms with Crippen molar-refractivity contribution in [1.82, 2.24) is 4.90 Å². The first-order chi connectivity index (χ1) is 7.75. The molecule has 0 bridgehead atoms. The highest BCUT2D eigenvalue weighted by Crippen LogP contribution is 2.13. The Hall–Kier alpha value is -1.29. The monoisotopic (exact) mass is 222 g/mol. The molecule has 2 heterocycles. The summed E-state index contributed by atoms with van der Waals surface area (Å²) >= 11 is 0. The summed E-state index contributed by atoms with van der Waals surface area (Å²) in [6, 6.07) is 3.27. The summed E-state index contributed by atoms with van der Waals surface area (Å²) in [6.45, 7) is 3.07.